The molecule has 3 nitrogen and oxygen atoms in total. The van der Waals surface area contributed by atoms with E-state index >= 15 is 0 Å². The number of benzene rings is 1. The summed E-state index contributed by atoms with van der Waals surface area (Å²) >= 11 is 0. The van der Waals surface area contributed by atoms with E-state index in [1.54, 1.807) is 17.1 Å². The zero-order valence-electron chi connectivity index (χ0n) is 11.6. The molecule has 0 saturated heterocycles. The number of carbonyl (C=O) groups excluding carboxylic acids is 1. The molecule has 0 radical (unpaired) electrons. The lowest BCUT2D eigenvalue weighted by molar-refractivity contribution is -0.131. The van der Waals surface area contributed by atoms with Crippen molar-refractivity contribution in [3.05, 3.63) is 61.2 Å². The number of rotatable bonds is 8. The van der Waals surface area contributed by atoms with Gasteiger partial charge in [-0.2, -0.15) is 0 Å². The molecule has 0 aromatic heterocycles. The van der Waals surface area contributed by atoms with E-state index < -0.39 is 0 Å². The zero-order valence-corrected chi connectivity index (χ0v) is 11.6. The Kier molecular flexibility index (Phi) is 6.61. The molecule has 102 valence electrons. The van der Waals surface area contributed by atoms with E-state index in [1.165, 1.54) is 0 Å². The highest BCUT2D eigenvalue weighted by molar-refractivity contribution is 5.78. The molecule has 1 aromatic carbocycles. The zero-order chi connectivity index (χ0) is 14.1. The fraction of sp³-hybridized carbons (Fsp3) is 0.312. The van der Waals surface area contributed by atoms with E-state index in [0.717, 1.165) is 5.56 Å². The van der Waals surface area contributed by atoms with Crippen molar-refractivity contribution in [2.45, 2.75) is 6.54 Å². The average Bonchev–Trinajstić information content (AvgIpc) is 2.40. The van der Waals surface area contributed by atoms with Gasteiger partial charge in [-0.05, 0) is 5.56 Å². The molecule has 0 saturated carbocycles. The maximum absolute atomic E-state index is 12.1. The minimum atomic E-state index is 0.104. The molecular weight excluding hydrogens is 236 g/mol. The maximum Gasteiger partial charge on any atom is 0.236 e. The molecule has 0 spiro atoms. The van der Waals surface area contributed by atoms with Gasteiger partial charge in [-0.15, -0.1) is 13.2 Å². The van der Waals surface area contributed by atoms with Crippen LogP contribution >= 0.6 is 0 Å². The lowest BCUT2D eigenvalue weighted by Gasteiger charge is -2.23. The van der Waals surface area contributed by atoms with Crippen molar-refractivity contribution in [3.63, 3.8) is 0 Å². The van der Waals surface area contributed by atoms with Crippen LogP contribution in [-0.4, -0.2) is 42.4 Å². The predicted octanol–water partition coefficient (Wildman–Crippen LogP) is 2.32. The predicted molar refractivity (Wildman–Crippen MR) is 79.8 cm³/mol. The first kappa shape index (κ1) is 15.2. The molecule has 0 atom stereocenters. The average molecular weight is 258 g/mol. The normalized spacial score (nSPS) is 10.2. The summed E-state index contributed by atoms with van der Waals surface area (Å²) in [6.07, 6.45) is 3.60. The van der Waals surface area contributed by atoms with E-state index in [-0.39, 0.29) is 5.91 Å². The van der Waals surface area contributed by atoms with E-state index in [9.17, 15) is 4.79 Å². The summed E-state index contributed by atoms with van der Waals surface area (Å²) in [6, 6.07) is 9.98. The quantitative estimate of drug-likeness (QED) is 0.668. The van der Waals surface area contributed by atoms with Crippen molar-refractivity contribution in [1.82, 2.24) is 9.80 Å². The third-order valence-corrected chi connectivity index (χ3v) is 2.82. The van der Waals surface area contributed by atoms with Crippen LogP contribution in [0.2, 0.25) is 0 Å². The number of carbonyl (C=O) groups is 1. The Hall–Kier alpha value is -1.87. The molecule has 0 bridgehead atoms. The highest BCUT2D eigenvalue weighted by Crippen LogP contribution is 2.03. The third kappa shape index (κ3) is 5.53. The maximum atomic E-state index is 12.1. The van der Waals surface area contributed by atoms with Crippen molar-refractivity contribution in [2.75, 3.05) is 26.7 Å². The van der Waals surface area contributed by atoms with E-state index in [1.807, 2.05) is 42.3 Å². The number of amides is 1. The van der Waals surface area contributed by atoms with Crippen LogP contribution in [0.3, 0.4) is 0 Å². The smallest absolute Gasteiger partial charge is 0.236 e. The standard InChI is InChI=1S/C16H22N2O/c1-4-11-18(12-5-2)14-16(19)17(3)13-15-9-7-6-8-10-15/h4-10H,1-2,11-14H2,3H3. The van der Waals surface area contributed by atoms with Crippen LogP contribution in [0.15, 0.2) is 55.6 Å². The van der Waals surface area contributed by atoms with Crippen LogP contribution in [-0.2, 0) is 11.3 Å². The van der Waals surface area contributed by atoms with Gasteiger partial charge in [-0.1, -0.05) is 42.5 Å². The Morgan fingerprint density at radius 2 is 1.74 bits per heavy atom. The highest BCUT2D eigenvalue weighted by atomic mass is 16.2. The van der Waals surface area contributed by atoms with Gasteiger partial charge in [-0.25, -0.2) is 0 Å². The van der Waals surface area contributed by atoms with Crippen LogP contribution < -0.4 is 0 Å². The van der Waals surface area contributed by atoms with Gasteiger partial charge in [0, 0.05) is 26.7 Å². The Balaban J connectivity index is 2.51. The summed E-state index contributed by atoms with van der Waals surface area (Å²) in [5.41, 5.74) is 1.14. The lowest BCUT2D eigenvalue weighted by Crippen LogP contribution is -2.38. The van der Waals surface area contributed by atoms with Gasteiger partial charge in [0.2, 0.25) is 5.91 Å². The fourth-order valence-electron chi connectivity index (χ4n) is 1.83. The first-order valence-corrected chi connectivity index (χ1v) is 6.39. The molecule has 0 aliphatic rings. The first-order chi connectivity index (χ1) is 9.17. The molecule has 1 aromatic rings. The van der Waals surface area contributed by atoms with Gasteiger partial charge in [0.15, 0.2) is 0 Å². The second-order valence-electron chi connectivity index (χ2n) is 4.51. The summed E-state index contributed by atoms with van der Waals surface area (Å²) in [5, 5.41) is 0. The number of likely N-dealkylation sites (N-methyl/N-ethyl adjacent to an activating group) is 1. The van der Waals surface area contributed by atoms with Gasteiger partial charge in [0.25, 0.3) is 0 Å². The second-order valence-corrected chi connectivity index (χ2v) is 4.51. The molecule has 0 unspecified atom stereocenters. The second kappa shape index (κ2) is 8.27. The number of hydrogen-bond donors (Lipinski definition) is 0. The first-order valence-electron chi connectivity index (χ1n) is 6.39. The van der Waals surface area contributed by atoms with Crippen LogP contribution in [0.25, 0.3) is 0 Å². The summed E-state index contributed by atoms with van der Waals surface area (Å²) in [4.78, 5) is 15.9. The molecule has 0 fully saturated rings. The van der Waals surface area contributed by atoms with Crippen LogP contribution in [0.5, 0.6) is 0 Å². The topological polar surface area (TPSA) is 23.6 Å². The monoisotopic (exact) mass is 258 g/mol. The summed E-state index contributed by atoms with van der Waals surface area (Å²) in [6.45, 7) is 9.81. The van der Waals surface area contributed by atoms with Crippen LogP contribution in [0.4, 0.5) is 0 Å². The summed E-state index contributed by atoms with van der Waals surface area (Å²) < 4.78 is 0. The molecule has 3 heteroatoms. The summed E-state index contributed by atoms with van der Waals surface area (Å²) in [7, 11) is 1.83. The van der Waals surface area contributed by atoms with Gasteiger partial charge in [0.1, 0.15) is 0 Å². The Labute approximate surface area is 115 Å². The van der Waals surface area contributed by atoms with E-state index in [0.29, 0.717) is 26.2 Å². The van der Waals surface area contributed by atoms with Gasteiger partial charge >= 0.3 is 0 Å². The Morgan fingerprint density at radius 1 is 1.16 bits per heavy atom. The minimum Gasteiger partial charge on any atom is -0.340 e. The Morgan fingerprint density at radius 3 is 2.26 bits per heavy atom. The lowest BCUT2D eigenvalue weighted by atomic mass is 10.2. The third-order valence-electron chi connectivity index (χ3n) is 2.82. The van der Waals surface area contributed by atoms with Crippen molar-refractivity contribution in [3.8, 4) is 0 Å². The Bertz CT molecular complexity index is 404. The molecule has 0 aliphatic heterocycles. The SMILES string of the molecule is C=CCN(CC=C)CC(=O)N(C)Cc1ccccc1. The largest absolute Gasteiger partial charge is 0.340 e. The van der Waals surface area contributed by atoms with Crippen molar-refractivity contribution in [2.24, 2.45) is 0 Å². The molecule has 1 amide bonds. The van der Waals surface area contributed by atoms with Crippen molar-refractivity contribution in [1.29, 1.82) is 0 Å². The van der Waals surface area contributed by atoms with Gasteiger partial charge in [-0.3, -0.25) is 9.69 Å². The summed E-state index contributed by atoms with van der Waals surface area (Å²) in [5.74, 6) is 0.104. The van der Waals surface area contributed by atoms with Gasteiger partial charge in [0.05, 0.1) is 6.54 Å². The van der Waals surface area contributed by atoms with Crippen molar-refractivity contribution < 1.29 is 4.79 Å². The number of hydrogen-bond acceptors (Lipinski definition) is 2. The van der Waals surface area contributed by atoms with E-state index in [2.05, 4.69) is 13.2 Å². The molecule has 19 heavy (non-hydrogen) atoms. The van der Waals surface area contributed by atoms with Crippen LogP contribution in [0, 0.1) is 0 Å². The molecule has 0 heterocycles. The molecule has 1 rings (SSSR count). The van der Waals surface area contributed by atoms with Crippen molar-refractivity contribution >= 4 is 5.91 Å². The highest BCUT2D eigenvalue weighted by Gasteiger charge is 2.12. The molecule has 0 N–H and O–H groups in total. The molecular formula is C16H22N2O. The van der Waals surface area contributed by atoms with Crippen LogP contribution in [0.1, 0.15) is 5.56 Å². The fourth-order valence-corrected chi connectivity index (χ4v) is 1.83. The minimum absolute atomic E-state index is 0.104. The molecule has 0 aliphatic carbocycles. The van der Waals surface area contributed by atoms with E-state index in [4.69, 9.17) is 0 Å². The number of nitrogens with zero attached hydrogens (tertiary/aromatic N) is 2. The van der Waals surface area contributed by atoms with Gasteiger partial charge < -0.3 is 4.90 Å².